The molecule has 0 saturated heterocycles. The zero-order valence-electron chi connectivity index (χ0n) is 12.3. The number of nitrogens with one attached hydrogen (secondary N) is 1. The third-order valence-corrected chi connectivity index (χ3v) is 3.57. The molecule has 4 nitrogen and oxygen atoms in total. The lowest BCUT2D eigenvalue weighted by molar-refractivity contribution is 0.699. The second-order valence-electron chi connectivity index (χ2n) is 4.62. The standard InChI is InChI=1S/C15H21ClN4/c1-4-11-9-12(5-2)20(19-11)15-8-7-13(16)14(18-15)10-17-6-3/h7-9,17H,4-6,10H2,1-3H3. The molecule has 2 rings (SSSR count). The molecule has 0 amide bonds. The third-order valence-electron chi connectivity index (χ3n) is 3.22. The number of aryl methyl sites for hydroxylation is 2. The van der Waals surface area contributed by atoms with E-state index in [1.165, 1.54) is 5.69 Å². The molecule has 5 heteroatoms. The van der Waals surface area contributed by atoms with Crippen LogP contribution in [-0.2, 0) is 19.4 Å². The molecule has 0 aromatic carbocycles. The Balaban J connectivity index is 2.39. The number of pyridine rings is 1. The third kappa shape index (κ3) is 3.19. The maximum Gasteiger partial charge on any atom is 0.154 e. The van der Waals surface area contributed by atoms with Crippen LogP contribution >= 0.6 is 11.6 Å². The van der Waals surface area contributed by atoms with Crippen LogP contribution in [0, 0.1) is 0 Å². The molecule has 20 heavy (non-hydrogen) atoms. The quantitative estimate of drug-likeness (QED) is 0.889. The highest BCUT2D eigenvalue weighted by Gasteiger charge is 2.10. The topological polar surface area (TPSA) is 42.7 Å². The number of hydrogen-bond donors (Lipinski definition) is 1. The Morgan fingerprint density at radius 1 is 1.20 bits per heavy atom. The van der Waals surface area contributed by atoms with Gasteiger partial charge in [0.15, 0.2) is 5.82 Å². The summed E-state index contributed by atoms with van der Waals surface area (Å²) in [5.74, 6) is 0.832. The van der Waals surface area contributed by atoms with Crippen molar-refractivity contribution >= 4 is 11.6 Å². The van der Waals surface area contributed by atoms with Gasteiger partial charge in [0, 0.05) is 12.2 Å². The molecule has 0 radical (unpaired) electrons. The van der Waals surface area contributed by atoms with E-state index in [1.807, 2.05) is 16.8 Å². The Kier molecular flexibility index (Phi) is 5.15. The maximum atomic E-state index is 6.19. The Hall–Kier alpha value is -1.39. The molecule has 0 saturated carbocycles. The van der Waals surface area contributed by atoms with Gasteiger partial charge in [0.2, 0.25) is 0 Å². The van der Waals surface area contributed by atoms with E-state index in [9.17, 15) is 0 Å². The van der Waals surface area contributed by atoms with Gasteiger partial charge >= 0.3 is 0 Å². The van der Waals surface area contributed by atoms with E-state index in [2.05, 4.69) is 42.2 Å². The van der Waals surface area contributed by atoms with Gasteiger partial charge in [-0.05, 0) is 37.6 Å². The lowest BCUT2D eigenvalue weighted by atomic mass is 10.2. The first-order chi connectivity index (χ1) is 9.69. The van der Waals surface area contributed by atoms with E-state index in [1.54, 1.807) is 0 Å². The van der Waals surface area contributed by atoms with Crippen LogP contribution in [-0.4, -0.2) is 21.3 Å². The van der Waals surface area contributed by atoms with Crippen molar-refractivity contribution in [1.29, 1.82) is 0 Å². The van der Waals surface area contributed by atoms with E-state index in [0.717, 1.165) is 36.6 Å². The Bertz CT molecular complexity index is 577. The fourth-order valence-corrected chi connectivity index (χ4v) is 2.23. The molecule has 0 fully saturated rings. The van der Waals surface area contributed by atoms with Crippen LogP contribution < -0.4 is 5.32 Å². The van der Waals surface area contributed by atoms with Gasteiger partial charge in [-0.15, -0.1) is 0 Å². The van der Waals surface area contributed by atoms with Gasteiger partial charge < -0.3 is 5.32 Å². The van der Waals surface area contributed by atoms with Crippen molar-refractivity contribution in [2.24, 2.45) is 0 Å². The van der Waals surface area contributed by atoms with Gasteiger partial charge in [0.1, 0.15) is 0 Å². The van der Waals surface area contributed by atoms with Gasteiger partial charge in [-0.25, -0.2) is 9.67 Å². The van der Waals surface area contributed by atoms with Crippen molar-refractivity contribution < 1.29 is 0 Å². The smallest absolute Gasteiger partial charge is 0.154 e. The number of halogens is 1. The molecule has 0 bridgehead atoms. The Labute approximate surface area is 125 Å². The number of aromatic nitrogens is 3. The second-order valence-corrected chi connectivity index (χ2v) is 5.03. The van der Waals surface area contributed by atoms with Crippen LogP contribution in [0.3, 0.4) is 0 Å². The van der Waals surface area contributed by atoms with Crippen molar-refractivity contribution in [3.63, 3.8) is 0 Å². The first-order valence-electron chi connectivity index (χ1n) is 7.13. The van der Waals surface area contributed by atoms with E-state index < -0.39 is 0 Å². The monoisotopic (exact) mass is 292 g/mol. The van der Waals surface area contributed by atoms with Gasteiger partial charge in [-0.3, -0.25) is 0 Å². The van der Waals surface area contributed by atoms with Crippen LogP contribution in [0.25, 0.3) is 5.82 Å². The van der Waals surface area contributed by atoms with Gasteiger partial charge in [-0.1, -0.05) is 32.4 Å². The largest absolute Gasteiger partial charge is 0.311 e. The molecule has 0 aliphatic heterocycles. The number of hydrogen-bond acceptors (Lipinski definition) is 3. The molecule has 0 spiro atoms. The lowest BCUT2D eigenvalue weighted by Gasteiger charge is -2.09. The van der Waals surface area contributed by atoms with Crippen LogP contribution in [0.1, 0.15) is 37.9 Å². The predicted octanol–water partition coefficient (Wildman–Crippen LogP) is 3.16. The van der Waals surface area contributed by atoms with Crippen molar-refractivity contribution in [3.05, 3.63) is 40.3 Å². The van der Waals surface area contributed by atoms with Crippen molar-refractivity contribution in [2.45, 2.75) is 40.2 Å². The van der Waals surface area contributed by atoms with Gasteiger partial charge in [0.25, 0.3) is 0 Å². The van der Waals surface area contributed by atoms with E-state index >= 15 is 0 Å². The van der Waals surface area contributed by atoms with Crippen molar-refractivity contribution in [3.8, 4) is 5.82 Å². The molecule has 2 heterocycles. The van der Waals surface area contributed by atoms with Crippen LogP contribution in [0.15, 0.2) is 18.2 Å². The molecule has 0 aliphatic carbocycles. The molecule has 2 aromatic heterocycles. The number of nitrogens with zero attached hydrogens (tertiary/aromatic N) is 3. The lowest BCUT2D eigenvalue weighted by Crippen LogP contribution is -2.15. The summed E-state index contributed by atoms with van der Waals surface area (Å²) in [5.41, 5.74) is 3.12. The van der Waals surface area contributed by atoms with Gasteiger partial charge in [0.05, 0.1) is 16.4 Å². The van der Waals surface area contributed by atoms with Crippen LogP contribution in [0.4, 0.5) is 0 Å². The highest BCUT2D eigenvalue weighted by Crippen LogP contribution is 2.18. The second kappa shape index (κ2) is 6.86. The van der Waals surface area contributed by atoms with E-state index in [0.29, 0.717) is 11.6 Å². The van der Waals surface area contributed by atoms with E-state index in [4.69, 9.17) is 11.6 Å². The summed E-state index contributed by atoms with van der Waals surface area (Å²) in [6, 6.07) is 5.95. The summed E-state index contributed by atoms with van der Waals surface area (Å²) in [6.45, 7) is 7.87. The zero-order valence-corrected chi connectivity index (χ0v) is 13.0. The van der Waals surface area contributed by atoms with Crippen molar-refractivity contribution in [1.82, 2.24) is 20.1 Å². The molecule has 2 aromatic rings. The normalized spacial score (nSPS) is 11.0. The van der Waals surface area contributed by atoms with Crippen LogP contribution in [0.5, 0.6) is 0 Å². The summed E-state index contributed by atoms with van der Waals surface area (Å²) in [7, 11) is 0. The molecule has 0 aliphatic rings. The summed E-state index contributed by atoms with van der Waals surface area (Å²) in [6.07, 6.45) is 1.86. The fraction of sp³-hybridized carbons (Fsp3) is 0.467. The summed E-state index contributed by atoms with van der Waals surface area (Å²) >= 11 is 6.19. The first-order valence-corrected chi connectivity index (χ1v) is 7.51. The summed E-state index contributed by atoms with van der Waals surface area (Å²) < 4.78 is 1.92. The molecular formula is C15H21ClN4. The minimum atomic E-state index is 0.673. The zero-order chi connectivity index (χ0) is 14.5. The fourth-order valence-electron chi connectivity index (χ4n) is 2.06. The molecule has 0 atom stereocenters. The minimum absolute atomic E-state index is 0.673. The summed E-state index contributed by atoms with van der Waals surface area (Å²) in [4.78, 5) is 4.64. The van der Waals surface area contributed by atoms with Crippen molar-refractivity contribution in [2.75, 3.05) is 6.54 Å². The number of rotatable bonds is 6. The SMILES string of the molecule is CCNCc1nc(-n2nc(CC)cc2CC)ccc1Cl. The predicted molar refractivity (Wildman–Crippen MR) is 82.5 cm³/mol. The summed E-state index contributed by atoms with van der Waals surface area (Å²) in [5, 5.41) is 8.55. The molecule has 1 N–H and O–H groups in total. The molecular weight excluding hydrogens is 272 g/mol. The highest BCUT2D eigenvalue weighted by atomic mass is 35.5. The Morgan fingerprint density at radius 2 is 2.00 bits per heavy atom. The highest BCUT2D eigenvalue weighted by molar-refractivity contribution is 6.31. The molecule has 108 valence electrons. The average molecular weight is 293 g/mol. The first kappa shape index (κ1) is 15.0. The Morgan fingerprint density at radius 3 is 2.65 bits per heavy atom. The maximum absolute atomic E-state index is 6.19. The average Bonchev–Trinajstić information content (AvgIpc) is 2.90. The molecule has 0 unspecified atom stereocenters. The minimum Gasteiger partial charge on any atom is -0.311 e. The van der Waals surface area contributed by atoms with Gasteiger partial charge in [-0.2, -0.15) is 5.10 Å². The van der Waals surface area contributed by atoms with E-state index in [-0.39, 0.29) is 0 Å². The van der Waals surface area contributed by atoms with Crippen LogP contribution in [0.2, 0.25) is 5.02 Å².